The fraction of sp³-hybridized carbons (Fsp3) is 0.714. The van der Waals surface area contributed by atoms with Gasteiger partial charge in [-0.1, -0.05) is 0 Å². The van der Waals surface area contributed by atoms with Gasteiger partial charge in [-0.25, -0.2) is 14.7 Å². The van der Waals surface area contributed by atoms with Gasteiger partial charge in [0, 0.05) is 6.54 Å². The number of rotatable bonds is 1. The summed E-state index contributed by atoms with van der Waals surface area (Å²) in [7, 11) is 1.72. The largest absolute Gasteiger partial charge is 0.453 e. The van der Waals surface area contributed by atoms with E-state index in [1.165, 1.54) is 4.68 Å². The van der Waals surface area contributed by atoms with Crippen molar-refractivity contribution in [3.05, 3.63) is 11.6 Å². The van der Waals surface area contributed by atoms with Gasteiger partial charge < -0.3 is 0 Å². The van der Waals surface area contributed by atoms with Gasteiger partial charge in [0.05, 0.1) is 13.1 Å². The highest BCUT2D eigenvalue weighted by Gasteiger charge is 2.37. The van der Waals surface area contributed by atoms with Crippen LogP contribution in [0.3, 0.4) is 0 Å². The molecule has 0 radical (unpaired) electrons. The Morgan fingerprint density at radius 3 is 2.67 bits per heavy atom. The number of nitrogens with zero attached hydrogens (tertiary/aromatic N) is 4. The summed E-state index contributed by atoms with van der Waals surface area (Å²) in [6.07, 6.45) is -4.46. The number of hydrogen-bond donors (Lipinski definition) is 1. The first-order chi connectivity index (χ1) is 7.00. The molecule has 2 rings (SSSR count). The van der Waals surface area contributed by atoms with Gasteiger partial charge in [-0.15, -0.1) is 5.10 Å². The summed E-state index contributed by atoms with van der Waals surface area (Å²) in [6.45, 7) is 1.36. The van der Waals surface area contributed by atoms with Crippen molar-refractivity contribution in [3.63, 3.8) is 0 Å². The first-order valence-electron chi connectivity index (χ1n) is 4.44. The fourth-order valence-electron chi connectivity index (χ4n) is 1.45. The van der Waals surface area contributed by atoms with E-state index >= 15 is 0 Å². The van der Waals surface area contributed by atoms with Gasteiger partial charge in [0.2, 0.25) is 0 Å². The van der Waals surface area contributed by atoms with Gasteiger partial charge in [-0.05, 0) is 7.05 Å². The van der Waals surface area contributed by atoms with Crippen molar-refractivity contribution in [2.24, 2.45) is 0 Å². The predicted octanol–water partition coefficient (Wildman–Crippen LogP) is 0.247. The molecule has 2 heterocycles. The average Bonchev–Trinajstić information content (AvgIpc) is 2.59. The molecule has 0 aliphatic carbocycles. The molecule has 1 aromatic heterocycles. The third kappa shape index (κ3) is 1.95. The van der Waals surface area contributed by atoms with Crippen LogP contribution in [0.1, 0.15) is 11.6 Å². The first kappa shape index (κ1) is 10.4. The minimum absolute atomic E-state index is 0.333. The van der Waals surface area contributed by atoms with E-state index in [-0.39, 0.29) is 0 Å². The Bertz CT molecular complexity index is 358. The molecule has 0 saturated carbocycles. The van der Waals surface area contributed by atoms with E-state index in [1.807, 2.05) is 0 Å². The van der Waals surface area contributed by atoms with Crippen LogP contribution in [0, 0.1) is 0 Å². The number of aromatic nitrogens is 3. The zero-order valence-corrected chi connectivity index (χ0v) is 8.04. The molecule has 0 atom stereocenters. The van der Waals surface area contributed by atoms with Crippen LogP contribution >= 0.6 is 0 Å². The number of hydrazine groups is 1. The summed E-state index contributed by atoms with van der Waals surface area (Å²) >= 11 is 0. The highest BCUT2D eigenvalue weighted by Crippen LogP contribution is 2.26. The molecule has 1 aromatic rings. The van der Waals surface area contributed by atoms with Crippen molar-refractivity contribution in [2.75, 3.05) is 13.6 Å². The molecule has 1 aliphatic rings. The lowest BCUT2D eigenvalue weighted by molar-refractivity contribution is -0.145. The van der Waals surface area contributed by atoms with Gasteiger partial charge in [0.25, 0.3) is 5.82 Å². The quantitative estimate of drug-likeness (QED) is 0.738. The molecule has 0 unspecified atom stereocenters. The van der Waals surface area contributed by atoms with Crippen molar-refractivity contribution in [1.29, 1.82) is 0 Å². The molecule has 0 fully saturated rings. The Kier molecular flexibility index (Phi) is 2.39. The lowest BCUT2D eigenvalue weighted by Gasteiger charge is -2.25. The zero-order chi connectivity index (χ0) is 11.1. The van der Waals surface area contributed by atoms with Crippen LogP contribution in [0.5, 0.6) is 0 Å². The molecule has 1 aliphatic heterocycles. The van der Waals surface area contributed by atoms with E-state index < -0.39 is 12.0 Å². The van der Waals surface area contributed by atoms with E-state index in [9.17, 15) is 13.2 Å². The molecule has 0 spiro atoms. The summed E-state index contributed by atoms with van der Waals surface area (Å²) < 4.78 is 38.2. The number of nitrogens with one attached hydrogen (secondary N) is 1. The number of hydrogen-bond acceptors (Lipinski definition) is 4. The monoisotopic (exact) mass is 221 g/mol. The Balaban J connectivity index is 2.26. The normalized spacial score (nSPS) is 17.9. The van der Waals surface area contributed by atoms with Crippen LogP contribution in [0.15, 0.2) is 0 Å². The van der Waals surface area contributed by atoms with Gasteiger partial charge >= 0.3 is 6.18 Å². The molecule has 5 nitrogen and oxygen atoms in total. The molecule has 1 N–H and O–H groups in total. The maximum absolute atomic E-state index is 12.3. The topological polar surface area (TPSA) is 46.0 Å². The van der Waals surface area contributed by atoms with Crippen LogP contribution in [0.2, 0.25) is 0 Å². The Morgan fingerprint density at radius 2 is 2.07 bits per heavy atom. The van der Waals surface area contributed by atoms with Crippen LogP contribution < -0.4 is 5.43 Å². The molecule has 15 heavy (non-hydrogen) atoms. The van der Waals surface area contributed by atoms with Gasteiger partial charge in [0.1, 0.15) is 5.82 Å². The van der Waals surface area contributed by atoms with E-state index in [1.54, 1.807) is 12.1 Å². The van der Waals surface area contributed by atoms with E-state index in [0.717, 1.165) is 0 Å². The Hall–Kier alpha value is -1.15. The summed E-state index contributed by atoms with van der Waals surface area (Å²) in [6, 6.07) is 0. The molecular formula is C7H10F3N5. The van der Waals surface area contributed by atoms with Crippen molar-refractivity contribution in [1.82, 2.24) is 25.2 Å². The Labute approximate surface area is 83.9 Å². The molecule has 8 heteroatoms. The lowest BCUT2D eigenvalue weighted by atomic mass is 10.4. The van der Waals surface area contributed by atoms with Gasteiger partial charge in [-0.2, -0.15) is 13.2 Å². The van der Waals surface area contributed by atoms with E-state index in [0.29, 0.717) is 25.5 Å². The second-order valence-corrected chi connectivity index (χ2v) is 3.22. The van der Waals surface area contributed by atoms with E-state index in [2.05, 4.69) is 15.5 Å². The number of halogens is 3. The maximum atomic E-state index is 12.3. The minimum Gasteiger partial charge on any atom is -0.258 e. The first-order valence-corrected chi connectivity index (χ1v) is 4.44. The molecule has 0 bridgehead atoms. The van der Waals surface area contributed by atoms with Crippen molar-refractivity contribution >= 4 is 0 Å². The van der Waals surface area contributed by atoms with Crippen LogP contribution in [-0.2, 0) is 19.3 Å². The summed E-state index contributed by atoms with van der Waals surface area (Å²) in [4.78, 5) is 3.47. The van der Waals surface area contributed by atoms with Crippen LogP contribution in [0.25, 0.3) is 0 Å². The molecule has 0 saturated heterocycles. The molecule has 0 amide bonds. The fourth-order valence-corrected chi connectivity index (χ4v) is 1.45. The second-order valence-electron chi connectivity index (χ2n) is 3.22. The van der Waals surface area contributed by atoms with E-state index in [4.69, 9.17) is 0 Å². The number of fused-ring (bicyclic) bond motifs is 1. The highest BCUT2D eigenvalue weighted by atomic mass is 19.4. The van der Waals surface area contributed by atoms with Crippen molar-refractivity contribution in [2.45, 2.75) is 19.3 Å². The lowest BCUT2D eigenvalue weighted by Crippen LogP contribution is -2.41. The summed E-state index contributed by atoms with van der Waals surface area (Å²) in [5.74, 6) is -0.724. The predicted molar refractivity (Wildman–Crippen MR) is 44.5 cm³/mol. The third-order valence-corrected chi connectivity index (χ3v) is 2.23. The SMILES string of the molecule is CNN1CCn2nc(C(F)(F)F)nc2C1. The number of alkyl halides is 3. The van der Waals surface area contributed by atoms with Crippen molar-refractivity contribution in [3.8, 4) is 0 Å². The third-order valence-electron chi connectivity index (χ3n) is 2.23. The smallest absolute Gasteiger partial charge is 0.258 e. The zero-order valence-electron chi connectivity index (χ0n) is 8.04. The van der Waals surface area contributed by atoms with Crippen LogP contribution in [0.4, 0.5) is 13.2 Å². The molecule has 84 valence electrons. The maximum Gasteiger partial charge on any atom is 0.453 e. The average molecular weight is 221 g/mol. The van der Waals surface area contributed by atoms with Crippen molar-refractivity contribution < 1.29 is 13.2 Å². The van der Waals surface area contributed by atoms with Gasteiger partial charge in [-0.3, -0.25) is 5.43 Å². The highest BCUT2D eigenvalue weighted by molar-refractivity contribution is 4.98. The minimum atomic E-state index is -4.46. The second kappa shape index (κ2) is 3.46. The Morgan fingerprint density at radius 1 is 1.33 bits per heavy atom. The van der Waals surface area contributed by atoms with Crippen LogP contribution in [-0.4, -0.2) is 33.4 Å². The molecular weight excluding hydrogens is 211 g/mol. The van der Waals surface area contributed by atoms with Gasteiger partial charge in [0.15, 0.2) is 0 Å². The summed E-state index contributed by atoms with van der Waals surface area (Å²) in [5, 5.41) is 5.20. The molecule has 0 aromatic carbocycles. The standard InChI is InChI=1S/C7H10F3N5/c1-11-14-2-3-15-5(4-14)12-6(13-15)7(8,9)10/h11H,2-4H2,1H3. The summed E-state index contributed by atoms with van der Waals surface area (Å²) in [5.41, 5.74) is 2.86.